The molecule has 20 heavy (non-hydrogen) atoms. The van der Waals surface area contributed by atoms with Gasteiger partial charge in [-0.2, -0.15) is 0 Å². The minimum absolute atomic E-state index is 0.00419. The predicted molar refractivity (Wildman–Crippen MR) is 79.9 cm³/mol. The van der Waals surface area contributed by atoms with E-state index in [1.807, 2.05) is 6.92 Å². The minimum atomic E-state index is -0.248. The van der Waals surface area contributed by atoms with E-state index in [9.17, 15) is 9.18 Å². The second-order valence-electron chi connectivity index (χ2n) is 6.08. The average molecular weight is 280 g/mol. The van der Waals surface area contributed by atoms with Crippen LogP contribution in [-0.4, -0.2) is 19.0 Å². The van der Waals surface area contributed by atoms with Crippen molar-refractivity contribution in [1.29, 1.82) is 0 Å². The van der Waals surface area contributed by atoms with Crippen molar-refractivity contribution in [3.63, 3.8) is 0 Å². The molecular formula is C16H25FN2O. The molecule has 1 rings (SSSR count). The third-order valence-corrected chi connectivity index (χ3v) is 3.11. The molecule has 0 fully saturated rings. The highest BCUT2D eigenvalue weighted by molar-refractivity contribution is 5.78. The van der Waals surface area contributed by atoms with Crippen LogP contribution in [0.25, 0.3) is 0 Å². The Morgan fingerprint density at radius 2 is 1.85 bits per heavy atom. The summed E-state index contributed by atoms with van der Waals surface area (Å²) in [7, 11) is 0. The monoisotopic (exact) mass is 280 g/mol. The topological polar surface area (TPSA) is 41.1 Å². The van der Waals surface area contributed by atoms with Gasteiger partial charge in [0.25, 0.3) is 0 Å². The van der Waals surface area contributed by atoms with E-state index in [0.29, 0.717) is 6.54 Å². The van der Waals surface area contributed by atoms with Gasteiger partial charge in [0, 0.05) is 12.6 Å². The highest BCUT2D eigenvalue weighted by Crippen LogP contribution is 2.32. The molecule has 1 atom stereocenters. The second kappa shape index (κ2) is 7.39. The van der Waals surface area contributed by atoms with Gasteiger partial charge in [0.05, 0.1) is 6.54 Å². The summed E-state index contributed by atoms with van der Waals surface area (Å²) in [6.45, 7) is 9.26. The summed E-state index contributed by atoms with van der Waals surface area (Å²) < 4.78 is 13.0. The third-order valence-electron chi connectivity index (χ3n) is 3.11. The van der Waals surface area contributed by atoms with Crippen molar-refractivity contribution in [2.24, 2.45) is 5.41 Å². The summed E-state index contributed by atoms with van der Waals surface area (Å²) in [4.78, 5) is 11.7. The van der Waals surface area contributed by atoms with Crippen molar-refractivity contribution < 1.29 is 9.18 Å². The van der Waals surface area contributed by atoms with Gasteiger partial charge in [0.15, 0.2) is 0 Å². The lowest BCUT2D eigenvalue weighted by Gasteiger charge is -2.32. The lowest BCUT2D eigenvalue weighted by molar-refractivity contribution is -0.120. The van der Waals surface area contributed by atoms with Gasteiger partial charge in [-0.1, -0.05) is 39.8 Å². The van der Waals surface area contributed by atoms with Crippen LogP contribution >= 0.6 is 0 Å². The van der Waals surface area contributed by atoms with Crippen LogP contribution in [0.2, 0.25) is 0 Å². The molecular weight excluding hydrogens is 255 g/mol. The van der Waals surface area contributed by atoms with Gasteiger partial charge in [-0.3, -0.25) is 4.79 Å². The summed E-state index contributed by atoms with van der Waals surface area (Å²) >= 11 is 0. The van der Waals surface area contributed by atoms with Crippen molar-refractivity contribution in [2.75, 3.05) is 13.1 Å². The summed E-state index contributed by atoms with van der Waals surface area (Å²) in [5.74, 6) is -0.259. The maximum absolute atomic E-state index is 13.0. The van der Waals surface area contributed by atoms with Gasteiger partial charge in [-0.25, -0.2) is 4.39 Å². The van der Waals surface area contributed by atoms with Crippen molar-refractivity contribution in [3.05, 3.63) is 35.6 Å². The van der Waals surface area contributed by atoms with Gasteiger partial charge in [-0.15, -0.1) is 0 Å². The predicted octanol–water partition coefficient (Wildman–Crippen LogP) is 3.03. The van der Waals surface area contributed by atoms with Gasteiger partial charge < -0.3 is 10.6 Å². The Balaban J connectivity index is 2.71. The zero-order valence-electron chi connectivity index (χ0n) is 12.8. The normalized spacial score (nSPS) is 13.1. The van der Waals surface area contributed by atoms with Crippen LogP contribution in [0.3, 0.4) is 0 Å². The molecule has 4 heteroatoms. The van der Waals surface area contributed by atoms with Crippen molar-refractivity contribution >= 4 is 5.91 Å². The SMILES string of the molecule is CCCNC(=O)CNC(c1ccc(F)cc1)C(C)(C)C. The minimum Gasteiger partial charge on any atom is -0.355 e. The first-order chi connectivity index (χ1) is 9.34. The summed E-state index contributed by atoms with van der Waals surface area (Å²) in [6.07, 6.45) is 0.923. The van der Waals surface area contributed by atoms with Crippen LogP contribution in [-0.2, 0) is 4.79 Å². The molecule has 2 N–H and O–H groups in total. The smallest absolute Gasteiger partial charge is 0.233 e. The molecule has 1 aromatic rings. The fourth-order valence-electron chi connectivity index (χ4n) is 2.10. The zero-order valence-corrected chi connectivity index (χ0v) is 12.8. The van der Waals surface area contributed by atoms with Gasteiger partial charge >= 0.3 is 0 Å². The highest BCUT2D eigenvalue weighted by Gasteiger charge is 2.26. The molecule has 0 aromatic heterocycles. The molecule has 1 aromatic carbocycles. The Morgan fingerprint density at radius 3 is 2.35 bits per heavy atom. The van der Waals surface area contributed by atoms with E-state index in [4.69, 9.17) is 0 Å². The maximum atomic E-state index is 13.0. The maximum Gasteiger partial charge on any atom is 0.233 e. The number of benzene rings is 1. The number of rotatable bonds is 6. The molecule has 0 aliphatic carbocycles. The van der Waals surface area contributed by atoms with Crippen molar-refractivity contribution in [1.82, 2.24) is 10.6 Å². The Bertz CT molecular complexity index is 423. The largest absolute Gasteiger partial charge is 0.355 e. The number of hydrogen-bond donors (Lipinski definition) is 2. The molecule has 0 saturated heterocycles. The molecule has 112 valence electrons. The quantitative estimate of drug-likeness (QED) is 0.841. The Hall–Kier alpha value is -1.42. The first kappa shape index (κ1) is 16.6. The molecule has 0 heterocycles. The summed E-state index contributed by atoms with van der Waals surface area (Å²) in [5, 5.41) is 6.11. The summed E-state index contributed by atoms with van der Waals surface area (Å²) in [5.41, 5.74) is 0.922. The first-order valence-corrected chi connectivity index (χ1v) is 7.10. The van der Waals surface area contributed by atoms with Gasteiger partial charge in [0.1, 0.15) is 5.82 Å². The van der Waals surface area contributed by atoms with Crippen LogP contribution in [0, 0.1) is 11.2 Å². The Labute approximate surface area is 121 Å². The number of amides is 1. The third kappa shape index (κ3) is 5.29. The fraction of sp³-hybridized carbons (Fsp3) is 0.562. The van der Waals surface area contributed by atoms with Crippen LogP contribution in [0.1, 0.15) is 45.7 Å². The Morgan fingerprint density at radius 1 is 1.25 bits per heavy atom. The number of nitrogens with one attached hydrogen (secondary N) is 2. The van der Waals surface area contributed by atoms with Crippen molar-refractivity contribution in [2.45, 2.75) is 40.2 Å². The number of carbonyl (C=O) groups is 1. The molecule has 0 radical (unpaired) electrons. The zero-order chi connectivity index (χ0) is 15.2. The van der Waals surface area contributed by atoms with E-state index in [1.54, 1.807) is 12.1 Å². The van der Waals surface area contributed by atoms with E-state index in [0.717, 1.165) is 12.0 Å². The molecule has 0 bridgehead atoms. The molecule has 3 nitrogen and oxygen atoms in total. The number of hydrogen-bond acceptors (Lipinski definition) is 2. The van der Waals surface area contributed by atoms with E-state index < -0.39 is 0 Å². The van der Waals surface area contributed by atoms with Crippen LogP contribution in [0.15, 0.2) is 24.3 Å². The number of carbonyl (C=O) groups excluding carboxylic acids is 1. The van der Waals surface area contributed by atoms with E-state index in [-0.39, 0.29) is 29.7 Å². The van der Waals surface area contributed by atoms with Gasteiger partial charge in [0.2, 0.25) is 5.91 Å². The van der Waals surface area contributed by atoms with Crippen LogP contribution < -0.4 is 10.6 Å². The molecule has 0 aliphatic heterocycles. The molecule has 1 unspecified atom stereocenters. The van der Waals surface area contributed by atoms with Crippen LogP contribution in [0.4, 0.5) is 4.39 Å². The number of halogens is 1. The molecule has 0 aliphatic rings. The van der Waals surface area contributed by atoms with E-state index in [1.165, 1.54) is 12.1 Å². The standard InChI is InChI=1S/C16H25FN2O/c1-5-10-18-14(20)11-19-15(16(2,3)4)12-6-8-13(17)9-7-12/h6-9,15,19H,5,10-11H2,1-4H3,(H,18,20). The first-order valence-electron chi connectivity index (χ1n) is 7.10. The molecule has 0 spiro atoms. The summed E-state index contributed by atoms with van der Waals surface area (Å²) in [6, 6.07) is 6.43. The van der Waals surface area contributed by atoms with E-state index in [2.05, 4.69) is 31.4 Å². The lowest BCUT2D eigenvalue weighted by atomic mass is 9.82. The lowest BCUT2D eigenvalue weighted by Crippen LogP contribution is -2.40. The second-order valence-corrected chi connectivity index (χ2v) is 6.08. The highest BCUT2D eigenvalue weighted by atomic mass is 19.1. The van der Waals surface area contributed by atoms with Crippen molar-refractivity contribution in [3.8, 4) is 0 Å². The average Bonchev–Trinajstić information content (AvgIpc) is 2.37. The van der Waals surface area contributed by atoms with Gasteiger partial charge in [-0.05, 0) is 29.5 Å². The van der Waals surface area contributed by atoms with E-state index >= 15 is 0 Å². The molecule has 1 amide bonds. The Kier molecular flexibility index (Phi) is 6.14. The van der Waals surface area contributed by atoms with Crippen LogP contribution in [0.5, 0.6) is 0 Å². The molecule has 0 saturated carbocycles. The fourth-order valence-corrected chi connectivity index (χ4v) is 2.10.